The first kappa shape index (κ1) is 31.9. The molecule has 2 aromatic carbocycles. The number of anilines is 1. The number of hydrogen-bond acceptors (Lipinski definition) is 9. The van der Waals surface area contributed by atoms with Gasteiger partial charge in [0.05, 0.1) is 41.2 Å². The maximum Gasteiger partial charge on any atom is 0.346 e. The molecule has 0 unspecified atom stereocenters. The fraction of sp³-hybridized carbons (Fsp3) is 0.344. The summed E-state index contributed by atoms with van der Waals surface area (Å²) in [6.07, 6.45) is 1.79. The van der Waals surface area contributed by atoms with Crippen LogP contribution in [0.5, 0.6) is 5.88 Å². The van der Waals surface area contributed by atoms with E-state index in [4.69, 9.17) is 37.7 Å². The van der Waals surface area contributed by atoms with Crippen LogP contribution in [-0.2, 0) is 25.3 Å². The molecule has 3 atom stereocenters. The van der Waals surface area contributed by atoms with Gasteiger partial charge in [-0.3, -0.25) is 14.2 Å². The number of rotatable bonds is 7. The van der Waals surface area contributed by atoms with Gasteiger partial charge in [0.1, 0.15) is 0 Å². The van der Waals surface area contributed by atoms with Crippen molar-refractivity contribution in [2.45, 2.75) is 37.5 Å². The number of aliphatic hydroxyl groups is 1. The second-order valence-corrected chi connectivity index (χ2v) is 12.0. The molecule has 2 aromatic heterocycles. The second kappa shape index (κ2) is 13.0. The van der Waals surface area contributed by atoms with Crippen LogP contribution in [0.4, 0.5) is 5.69 Å². The van der Waals surface area contributed by atoms with Crippen LogP contribution in [-0.4, -0.2) is 62.8 Å². The van der Waals surface area contributed by atoms with Crippen molar-refractivity contribution in [3.63, 3.8) is 0 Å². The standard InChI is InChI=1S/C32H32Cl2N6O6/c1-39-31(43)28(38-40(2)32(39)44)29(42)36-22-9-5-7-18(27(22)34)17-6-4-8-19(26(17)33)23-14-16-10-11-21(25(16)30(37-23)45-3)35-20-12-13-46-15-24(20)41/h4-9,14,20-21,24,35,41H,10-13,15H2,1-3H3,(H,36,42)/t20-,21+,24+/m1/s1. The molecule has 1 fully saturated rings. The van der Waals surface area contributed by atoms with Crippen LogP contribution >= 0.6 is 23.2 Å². The van der Waals surface area contributed by atoms with E-state index in [9.17, 15) is 19.5 Å². The van der Waals surface area contributed by atoms with Crippen LogP contribution in [0.15, 0.2) is 52.1 Å². The zero-order valence-electron chi connectivity index (χ0n) is 25.3. The molecule has 6 rings (SSSR count). The molecule has 4 aromatic rings. The normalized spacial score (nSPS) is 19.1. The molecule has 0 bridgehead atoms. The molecule has 3 N–H and O–H groups in total. The number of pyridine rings is 1. The van der Waals surface area contributed by atoms with Gasteiger partial charge < -0.3 is 25.2 Å². The summed E-state index contributed by atoms with van der Waals surface area (Å²) in [5, 5.41) is 21.1. The van der Waals surface area contributed by atoms with Gasteiger partial charge in [0.25, 0.3) is 11.5 Å². The third-order valence-electron chi connectivity index (χ3n) is 8.44. The summed E-state index contributed by atoms with van der Waals surface area (Å²) in [7, 11) is 4.20. The van der Waals surface area contributed by atoms with E-state index in [0.29, 0.717) is 46.5 Å². The van der Waals surface area contributed by atoms with Gasteiger partial charge in [-0.05, 0) is 37.0 Å². The largest absolute Gasteiger partial charge is 0.481 e. The quantitative estimate of drug-likeness (QED) is 0.269. The maximum absolute atomic E-state index is 13.0. The molecule has 0 saturated carbocycles. The number of methoxy groups -OCH3 is 1. The number of carbonyl (C=O) groups excluding carboxylic acids is 1. The number of aromatic nitrogens is 4. The van der Waals surface area contributed by atoms with Gasteiger partial charge in [-0.15, -0.1) is 0 Å². The number of hydrogen-bond donors (Lipinski definition) is 3. The average molecular weight is 668 g/mol. The predicted octanol–water partition coefficient (Wildman–Crippen LogP) is 3.50. The van der Waals surface area contributed by atoms with Crippen molar-refractivity contribution >= 4 is 34.8 Å². The molecule has 2 aliphatic rings. The monoisotopic (exact) mass is 666 g/mol. The number of benzene rings is 2. The lowest BCUT2D eigenvalue weighted by Gasteiger charge is -2.31. The van der Waals surface area contributed by atoms with E-state index in [2.05, 4.69) is 15.7 Å². The van der Waals surface area contributed by atoms with E-state index in [1.54, 1.807) is 25.3 Å². The Morgan fingerprint density at radius 3 is 2.52 bits per heavy atom. The summed E-state index contributed by atoms with van der Waals surface area (Å²) in [6, 6.07) is 12.5. The highest BCUT2D eigenvalue weighted by Crippen LogP contribution is 2.44. The first-order valence-corrected chi connectivity index (χ1v) is 15.5. The van der Waals surface area contributed by atoms with Crippen LogP contribution in [0.3, 0.4) is 0 Å². The minimum Gasteiger partial charge on any atom is -0.481 e. The van der Waals surface area contributed by atoms with Crippen molar-refractivity contribution in [1.82, 2.24) is 24.6 Å². The fourth-order valence-corrected chi connectivity index (χ4v) is 6.64. The molecule has 3 heterocycles. The van der Waals surface area contributed by atoms with Crippen molar-refractivity contribution in [1.29, 1.82) is 0 Å². The number of nitrogens with zero attached hydrogens (tertiary/aromatic N) is 4. The Morgan fingerprint density at radius 2 is 1.78 bits per heavy atom. The van der Waals surface area contributed by atoms with Gasteiger partial charge >= 0.3 is 5.69 Å². The number of amides is 1. The number of halogens is 2. The molecule has 1 amide bonds. The van der Waals surface area contributed by atoms with Crippen molar-refractivity contribution in [2.24, 2.45) is 14.1 Å². The van der Waals surface area contributed by atoms with Gasteiger partial charge in [0.2, 0.25) is 11.6 Å². The minimum atomic E-state index is -0.829. The summed E-state index contributed by atoms with van der Waals surface area (Å²) < 4.78 is 12.9. The van der Waals surface area contributed by atoms with Gasteiger partial charge in [0.15, 0.2) is 0 Å². The van der Waals surface area contributed by atoms with Gasteiger partial charge in [-0.2, -0.15) is 5.10 Å². The number of aliphatic hydroxyl groups excluding tert-OH is 1. The molecular weight excluding hydrogens is 635 g/mol. The Balaban J connectivity index is 1.31. The summed E-state index contributed by atoms with van der Waals surface area (Å²) in [5.41, 5.74) is 2.80. The van der Waals surface area contributed by atoms with Crippen molar-refractivity contribution in [3.8, 4) is 28.3 Å². The number of carbonyl (C=O) groups is 1. The highest BCUT2D eigenvalue weighted by molar-refractivity contribution is 6.39. The Bertz CT molecular complexity index is 1960. The third-order valence-corrected chi connectivity index (χ3v) is 9.26. The fourth-order valence-electron chi connectivity index (χ4n) is 6.04. The zero-order chi connectivity index (χ0) is 32.7. The summed E-state index contributed by atoms with van der Waals surface area (Å²) >= 11 is 13.8. The number of nitrogens with one attached hydrogen (secondary N) is 2. The van der Waals surface area contributed by atoms with Crippen LogP contribution in [0.2, 0.25) is 10.0 Å². The Kier molecular flexibility index (Phi) is 8.99. The third kappa shape index (κ3) is 5.82. The maximum atomic E-state index is 13.0. The van der Waals surface area contributed by atoms with E-state index in [1.807, 2.05) is 24.3 Å². The van der Waals surface area contributed by atoms with E-state index in [1.165, 1.54) is 14.1 Å². The molecule has 14 heteroatoms. The highest BCUT2D eigenvalue weighted by Gasteiger charge is 2.33. The molecule has 12 nitrogen and oxygen atoms in total. The van der Waals surface area contributed by atoms with E-state index >= 15 is 0 Å². The zero-order valence-corrected chi connectivity index (χ0v) is 26.9. The molecule has 1 saturated heterocycles. The lowest BCUT2D eigenvalue weighted by Crippen LogP contribution is -2.47. The van der Waals surface area contributed by atoms with Gasteiger partial charge in [-0.1, -0.05) is 53.5 Å². The molecular formula is C32H32Cl2N6O6. The molecule has 1 aliphatic carbocycles. The lowest BCUT2D eigenvalue weighted by atomic mass is 9.99. The molecule has 240 valence electrons. The molecule has 46 heavy (non-hydrogen) atoms. The molecule has 1 aliphatic heterocycles. The number of ether oxygens (including phenoxy) is 2. The topological polar surface area (TPSA) is 150 Å². The minimum absolute atomic E-state index is 0.0148. The SMILES string of the molecule is COc1nc(-c2cccc(-c3cccc(NC(=O)c4nn(C)c(=O)n(C)c4=O)c3Cl)c2Cl)cc2c1[C@@H](N[C@@H]1CCOC[C@@H]1O)CC2. The van der Waals surface area contributed by atoms with E-state index in [-0.39, 0.29) is 22.8 Å². The van der Waals surface area contributed by atoms with Crippen LogP contribution < -0.4 is 26.6 Å². The first-order valence-electron chi connectivity index (χ1n) is 14.7. The Labute approximate surface area is 273 Å². The molecule has 0 spiro atoms. The number of aryl methyl sites for hydroxylation is 2. The Morgan fingerprint density at radius 1 is 1.07 bits per heavy atom. The van der Waals surface area contributed by atoms with E-state index in [0.717, 1.165) is 39.6 Å². The van der Waals surface area contributed by atoms with Gasteiger partial charge in [0, 0.05) is 55.0 Å². The first-order chi connectivity index (χ1) is 22.1. The van der Waals surface area contributed by atoms with Gasteiger partial charge in [-0.25, -0.2) is 14.5 Å². The van der Waals surface area contributed by atoms with Crippen molar-refractivity contribution in [3.05, 3.63) is 90.2 Å². The summed E-state index contributed by atoms with van der Waals surface area (Å²) in [4.78, 5) is 42.4. The number of fused-ring (bicyclic) bond motifs is 1. The van der Waals surface area contributed by atoms with Crippen LogP contribution in [0.25, 0.3) is 22.4 Å². The smallest absolute Gasteiger partial charge is 0.346 e. The van der Waals surface area contributed by atoms with Crippen molar-refractivity contribution in [2.75, 3.05) is 25.6 Å². The summed E-state index contributed by atoms with van der Waals surface area (Å²) in [6.45, 7) is 0.912. The molecule has 0 radical (unpaired) electrons. The van der Waals surface area contributed by atoms with Crippen LogP contribution in [0, 0.1) is 0 Å². The average Bonchev–Trinajstić information content (AvgIpc) is 3.46. The predicted molar refractivity (Wildman–Crippen MR) is 174 cm³/mol. The van der Waals surface area contributed by atoms with Crippen molar-refractivity contribution < 1.29 is 19.4 Å². The second-order valence-electron chi connectivity index (χ2n) is 11.3. The van der Waals surface area contributed by atoms with E-state index < -0.39 is 29.0 Å². The summed E-state index contributed by atoms with van der Waals surface area (Å²) in [5.74, 6) is -0.324. The Hall–Kier alpha value is -4.07. The van der Waals surface area contributed by atoms with Crippen LogP contribution in [0.1, 0.15) is 40.5 Å². The highest BCUT2D eigenvalue weighted by atomic mass is 35.5. The lowest BCUT2D eigenvalue weighted by molar-refractivity contribution is -0.0304.